The van der Waals surface area contributed by atoms with Crippen LogP contribution in [0.15, 0.2) is 35.5 Å². The van der Waals surface area contributed by atoms with Gasteiger partial charge in [-0.1, -0.05) is 0 Å². The molecule has 3 heterocycles. The van der Waals surface area contributed by atoms with Crippen LogP contribution in [0.2, 0.25) is 0 Å². The van der Waals surface area contributed by atoms with Crippen LogP contribution in [-0.4, -0.2) is 64.5 Å². The first kappa shape index (κ1) is 20.0. The molecule has 0 unspecified atom stereocenters. The normalized spacial score (nSPS) is 18.8. The molecule has 2 fully saturated rings. The van der Waals surface area contributed by atoms with Crippen LogP contribution in [0.5, 0.6) is 0 Å². The summed E-state index contributed by atoms with van der Waals surface area (Å²) in [6.07, 6.45) is 5.15. The summed E-state index contributed by atoms with van der Waals surface area (Å²) in [6.45, 7) is 7.34. The molecule has 0 spiro atoms. The van der Waals surface area contributed by atoms with Crippen molar-refractivity contribution >= 4 is 15.9 Å². The zero-order valence-corrected chi connectivity index (χ0v) is 17.9. The van der Waals surface area contributed by atoms with E-state index in [2.05, 4.69) is 4.98 Å². The van der Waals surface area contributed by atoms with E-state index in [0.717, 1.165) is 18.5 Å². The number of nitrogens with zero attached hydrogens (tertiary/aromatic N) is 5. The molecule has 4 rings (SSSR count). The van der Waals surface area contributed by atoms with Gasteiger partial charge in [-0.25, -0.2) is 8.42 Å². The van der Waals surface area contributed by atoms with Crippen molar-refractivity contribution in [2.75, 3.05) is 26.2 Å². The van der Waals surface area contributed by atoms with Gasteiger partial charge in [0.2, 0.25) is 10.0 Å². The first-order valence-corrected chi connectivity index (χ1v) is 11.4. The van der Waals surface area contributed by atoms with E-state index in [-0.39, 0.29) is 29.4 Å². The summed E-state index contributed by atoms with van der Waals surface area (Å²) >= 11 is 0. The average Bonchev–Trinajstić information content (AvgIpc) is 3.45. The lowest BCUT2D eigenvalue weighted by molar-refractivity contribution is 0.0677. The zero-order valence-electron chi connectivity index (χ0n) is 17.1. The highest BCUT2D eigenvalue weighted by molar-refractivity contribution is 7.89. The molecule has 1 aliphatic heterocycles. The third-order valence-electron chi connectivity index (χ3n) is 5.38. The molecule has 29 heavy (non-hydrogen) atoms. The Balaban J connectivity index is 1.50. The Labute approximate surface area is 171 Å². The molecular weight excluding hydrogens is 390 g/mol. The Hall–Kier alpha value is -2.26. The van der Waals surface area contributed by atoms with Crippen LogP contribution in [0.4, 0.5) is 0 Å². The second-order valence-corrected chi connectivity index (χ2v) is 10.6. The van der Waals surface area contributed by atoms with Gasteiger partial charge < -0.3 is 4.90 Å². The predicted octanol–water partition coefficient (Wildman–Crippen LogP) is 2.06. The van der Waals surface area contributed by atoms with E-state index in [4.69, 9.17) is 5.10 Å². The summed E-state index contributed by atoms with van der Waals surface area (Å²) in [5.41, 5.74) is 1.27. The van der Waals surface area contributed by atoms with Crippen molar-refractivity contribution < 1.29 is 13.2 Å². The minimum absolute atomic E-state index is 0.0854. The van der Waals surface area contributed by atoms with Gasteiger partial charge in [-0.05, 0) is 51.8 Å². The number of sulfonamides is 1. The van der Waals surface area contributed by atoms with Crippen LogP contribution in [-0.2, 0) is 15.6 Å². The van der Waals surface area contributed by atoms with Crippen molar-refractivity contribution in [2.45, 2.75) is 50.0 Å². The highest BCUT2D eigenvalue weighted by atomic mass is 32.2. The van der Waals surface area contributed by atoms with E-state index in [1.807, 2.05) is 31.5 Å². The molecule has 0 bridgehead atoms. The monoisotopic (exact) mass is 417 g/mol. The molecule has 1 saturated carbocycles. The molecule has 0 atom stereocenters. The quantitative estimate of drug-likeness (QED) is 0.760. The highest BCUT2D eigenvalue weighted by Gasteiger charge is 2.35. The Kier molecular flexibility index (Phi) is 4.98. The summed E-state index contributed by atoms with van der Waals surface area (Å²) < 4.78 is 28.8. The van der Waals surface area contributed by atoms with E-state index in [9.17, 15) is 13.2 Å². The number of carbonyl (C=O) groups excluding carboxylic acids is 1. The van der Waals surface area contributed by atoms with Gasteiger partial charge in [-0.15, -0.1) is 0 Å². The number of rotatable bonds is 4. The maximum absolute atomic E-state index is 13.2. The second-order valence-electron chi connectivity index (χ2n) is 8.70. The number of hydrogen-bond acceptors (Lipinski definition) is 5. The number of hydrogen-bond donors (Lipinski definition) is 0. The molecule has 2 aromatic heterocycles. The van der Waals surface area contributed by atoms with Crippen LogP contribution in [0, 0.1) is 0 Å². The van der Waals surface area contributed by atoms with Crippen LogP contribution in [0.25, 0.3) is 0 Å². The fourth-order valence-electron chi connectivity index (χ4n) is 3.58. The Bertz CT molecular complexity index is 998. The van der Waals surface area contributed by atoms with Gasteiger partial charge in [0, 0.05) is 44.5 Å². The molecule has 0 aromatic carbocycles. The standard InChI is InChI=1S/C20H27N5O3S/c1-20(2,3)25-18(13-17(22-25)15-6-7-15)19(26)23-9-11-24(12-10-23)29(27,28)16-5-4-8-21-14-16/h4-5,8,13-15H,6-7,9-12H2,1-3H3. The van der Waals surface area contributed by atoms with E-state index in [1.165, 1.54) is 10.5 Å². The SMILES string of the molecule is CC(C)(C)n1nc(C2CC2)cc1C(=O)N1CCN(S(=O)(=O)c2cccnc2)CC1. The van der Waals surface area contributed by atoms with Gasteiger partial charge in [0.25, 0.3) is 5.91 Å². The zero-order chi connectivity index (χ0) is 20.8. The van der Waals surface area contributed by atoms with Gasteiger partial charge in [0.05, 0.1) is 11.2 Å². The van der Waals surface area contributed by atoms with Gasteiger partial charge in [-0.2, -0.15) is 9.40 Å². The number of carbonyl (C=O) groups is 1. The Morgan fingerprint density at radius 1 is 1.14 bits per heavy atom. The molecule has 2 aromatic rings. The number of aromatic nitrogens is 3. The van der Waals surface area contributed by atoms with E-state index < -0.39 is 10.0 Å². The minimum Gasteiger partial charge on any atom is -0.335 e. The van der Waals surface area contributed by atoms with Crippen LogP contribution < -0.4 is 0 Å². The number of amides is 1. The smallest absolute Gasteiger partial charge is 0.272 e. The number of pyridine rings is 1. The van der Waals surface area contributed by atoms with Crippen molar-refractivity contribution in [2.24, 2.45) is 0 Å². The first-order valence-electron chi connectivity index (χ1n) is 9.98. The minimum atomic E-state index is -3.59. The van der Waals surface area contributed by atoms with E-state index >= 15 is 0 Å². The van der Waals surface area contributed by atoms with Crippen LogP contribution in [0.1, 0.15) is 55.7 Å². The van der Waals surface area contributed by atoms with Crippen molar-refractivity contribution in [3.8, 4) is 0 Å². The average molecular weight is 418 g/mol. The molecule has 156 valence electrons. The van der Waals surface area contributed by atoms with Gasteiger partial charge in [0.1, 0.15) is 10.6 Å². The summed E-state index contributed by atoms with van der Waals surface area (Å²) in [6, 6.07) is 5.07. The summed E-state index contributed by atoms with van der Waals surface area (Å²) in [5.74, 6) is 0.379. The third-order valence-corrected chi connectivity index (χ3v) is 7.26. The van der Waals surface area contributed by atoms with Gasteiger partial charge >= 0.3 is 0 Å². The summed E-state index contributed by atoms with van der Waals surface area (Å²) in [5, 5.41) is 4.71. The Morgan fingerprint density at radius 2 is 1.83 bits per heavy atom. The highest BCUT2D eigenvalue weighted by Crippen LogP contribution is 2.40. The maximum atomic E-state index is 13.2. The summed E-state index contributed by atoms with van der Waals surface area (Å²) in [4.78, 5) is 19.0. The summed E-state index contributed by atoms with van der Waals surface area (Å²) in [7, 11) is -3.59. The molecule has 0 radical (unpaired) electrons. The molecule has 8 nitrogen and oxygen atoms in total. The van der Waals surface area contributed by atoms with E-state index in [1.54, 1.807) is 23.2 Å². The van der Waals surface area contributed by atoms with E-state index in [0.29, 0.717) is 24.7 Å². The lowest BCUT2D eigenvalue weighted by atomic mass is 10.1. The molecule has 9 heteroatoms. The fourth-order valence-corrected chi connectivity index (χ4v) is 4.97. The molecular formula is C20H27N5O3S. The first-order chi connectivity index (χ1) is 13.7. The molecule has 2 aliphatic rings. The van der Waals surface area contributed by atoms with Crippen LogP contribution >= 0.6 is 0 Å². The van der Waals surface area contributed by atoms with Gasteiger partial charge in [-0.3, -0.25) is 14.5 Å². The Morgan fingerprint density at radius 3 is 2.38 bits per heavy atom. The largest absolute Gasteiger partial charge is 0.335 e. The third kappa shape index (κ3) is 3.93. The van der Waals surface area contributed by atoms with Crippen molar-refractivity contribution in [1.29, 1.82) is 0 Å². The molecule has 1 saturated heterocycles. The number of piperazine rings is 1. The fraction of sp³-hybridized carbons (Fsp3) is 0.550. The van der Waals surface area contributed by atoms with Crippen molar-refractivity contribution in [3.63, 3.8) is 0 Å². The lowest BCUT2D eigenvalue weighted by Gasteiger charge is -2.34. The van der Waals surface area contributed by atoms with Crippen molar-refractivity contribution in [3.05, 3.63) is 42.0 Å². The second kappa shape index (κ2) is 7.21. The maximum Gasteiger partial charge on any atom is 0.272 e. The lowest BCUT2D eigenvalue weighted by Crippen LogP contribution is -2.51. The molecule has 1 amide bonds. The van der Waals surface area contributed by atoms with Crippen molar-refractivity contribution in [1.82, 2.24) is 24.0 Å². The topological polar surface area (TPSA) is 88.4 Å². The molecule has 0 N–H and O–H groups in total. The predicted molar refractivity (Wildman–Crippen MR) is 108 cm³/mol. The molecule has 1 aliphatic carbocycles. The van der Waals surface area contributed by atoms with Gasteiger partial charge in [0.15, 0.2) is 0 Å². The van der Waals surface area contributed by atoms with Crippen LogP contribution in [0.3, 0.4) is 0 Å².